The smallest absolute Gasteiger partial charge is 0.178 e. The highest BCUT2D eigenvalue weighted by Gasteiger charge is 2.13. The summed E-state index contributed by atoms with van der Waals surface area (Å²) < 4.78 is 23.2. The molecule has 3 nitrogen and oxygen atoms in total. The van der Waals surface area contributed by atoms with Crippen LogP contribution in [-0.2, 0) is 9.84 Å². The second-order valence-corrected chi connectivity index (χ2v) is 5.52. The molecule has 0 spiro atoms. The van der Waals surface area contributed by atoms with E-state index >= 15 is 0 Å². The van der Waals surface area contributed by atoms with Gasteiger partial charge in [0.25, 0.3) is 0 Å². The molecular weight excluding hydrogens is 222 g/mol. The van der Waals surface area contributed by atoms with Gasteiger partial charge in [-0.25, -0.2) is 8.42 Å². The van der Waals surface area contributed by atoms with E-state index in [1.165, 1.54) is 18.2 Å². The maximum Gasteiger partial charge on any atom is 0.178 e. The molecule has 0 bridgehead atoms. The Hall–Kier alpha value is -0.740. The lowest BCUT2D eigenvalue weighted by Gasteiger charge is -2.04. The van der Waals surface area contributed by atoms with Crippen molar-refractivity contribution >= 4 is 27.1 Å². The highest BCUT2D eigenvalue weighted by molar-refractivity contribution is 7.91. The van der Waals surface area contributed by atoms with Gasteiger partial charge in [-0.05, 0) is 24.6 Å². The van der Waals surface area contributed by atoms with Gasteiger partial charge in [0, 0.05) is 0 Å². The van der Waals surface area contributed by atoms with Crippen molar-refractivity contribution in [3.8, 4) is 0 Å². The zero-order chi connectivity index (χ0) is 10.8. The summed E-state index contributed by atoms with van der Waals surface area (Å²) in [6.07, 6.45) is 0.588. The van der Waals surface area contributed by atoms with Crippen LogP contribution in [0.25, 0.3) is 0 Å². The molecule has 0 aliphatic heterocycles. The first-order chi connectivity index (χ1) is 6.47. The van der Waals surface area contributed by atoms with E-state index in [1.54, 1.807) is 0 Å². The van der Waals surface area contributed by atoms with E-state index in [9.17, 15) is 8.42 Å². The summed E-state index contributed by atoms with van der Waals surface area (Å²) in [5.74, 6) is 0.133. The third-order valence-electron chi connectivity index (χ3n) is 1.80. The summed E-state index contributed by atoms with van der Waals surface area (Å²) in [6, 6.07) is 4.37. The normalized spacial score (nSPS) is 11.6. The van der Waals surface area contributed by atoms with Crippen LogP contribution in [-0.4, -0.2) is 14.2 Å². The van der Waals surface area contributed by atoms with E-state index in [4.69, 9.17) is 17.3 Å². The van der Waals surface area contributed by atoms with Crippen molar-refractivity contribution in [3.63, 3.8) is 0 Å². The number of nitrogen functional groups attached to an aromatic ring is 1. The van der Waals surface area contributed by atoms with Gasteiger partial charge >= 0.3 is 0 Å². The minimum atomic E-state index is -3.19. The van der Waals surface area contributed by atoms with E-state index in [2.05, 4.69) is 0 Å². The van der Waals surface area contributed by atoms with Crippen molar-refractivity contribution in [2.75, 3.05) is 11.5 Å². The molecule has 14 heavy (non-hydrogen) atoms. The first kappa shape index (κ1) is 11.3. The Morgan fingerprint density at radius 3 is 2.57 bits per heavy atom. The maximum atomic E-state index is 11.6. The molecule has 0 radical (unpaired) electrons. The van der Waals surface area contributed by atoms with Crippen molar-refractivity contribution in [1.29, 1.82) is 0 Å². The summed E-state index contributed by atoms with van der Waals surface area (Å²) in [5, 5.41) is 0.375. The van der Waals surface area contributed by atoms with Gasteiger partial charge in [-0.2, -0.15) is 0 Å². The molecule has 5 heteroatoms. The van der Waals surface area contributed by atoms with E-state index < -0.39 is 9.84 Å². The van der Waals surface area contributed by atoms with Gasteiger partial charge in [0.2, 0.25) is 0 Å². The van der Waals surface area contributed by atoms with Crippen LogP contribution in [0.5, 0.6) is 0 Å². The van der Waals surface area contributed by atoms with E-state index in [0.29, 0.717) is 17.1 Å². The first-order valence-corrected chi connectivity index (χ1v) is 6.28. The number of halogens is 1. The van der Waals surface area contributed by atoms with Gasteiger partial charge in [0.15, 0.2) is 9.84 Å². The first-order valence-electron chi connectivity index (χ1n) is 4.25. The fourth-order valence-electron chi connectivity index (χ4n) is 1.10. The molecule has 1 rings (SSSR count). The van der Waals surface area contributed by atoms with Crippen molar-refractivity contribution < 1.29 is 8.42 Å². The van der Waals surface area contributed by atoms with Gasteiger partial charge in [0.1, 0.15) is 0 Å². The molecule has 1 aromatic carbocycles. The molecular formula is C9H12ClNO2S. The number of sulfone groups is 1. The average molecular weight is 234 g/mol. The molecule has 0 aliphatic carbocycles. The van der Waals surface area contributed by atoms with Crippen molar-refractivity contribution in [2.45, 2.75) is 18.2 Å². The lowest BCUT2D eigenvalue weighted by molar-refractivity contribution is 0.595. The highest BCUT2D eigenvalue weighted by Crippen LogP contribution is 2.23. The molecule has 0 heterocycles. The minimum absolute atomic E-state index is 0.133. The van der Waals surface area contributed by atoms with Crippen LogP contribution < -0.4 is 5.73 Å². The topological polar surface area (TPSA) is 60.2 Å². The molecule has 1 aromatic rings. The zero-order valence-electron chi connectivity index (χ0n) is 7.83. The molecule has 0 fully saturated rings. The van der Waals surface area contributed by atoms with Crippen molar-refractivity contribution in [2.24, 2.45) is 0 Å². The van der Waals surface area contributed by atoms with Gasteiger partial charge in [-0.15, -0.1) is 0 Å². The second-order valence-electron chi connectivity index (χ2n) is 3.00. The van der Waals surface area contributed by atoms with Gasteiger partial charge in [0.05, 0.1) is 21.4 Å². The van der Waals surface area contributed by atoms with Gasteiger partial charge in [-0.3, -0.25) is 0 Å². The standard InChI is InChI=1S/C9H12ClNO2S/c1-2-5-14(12,13)7-3-4-8(10)9(11)6-7/h3-4,6H,2,5,11H2,1H3. The molecule has 0 atom stereocenters. The Morgan fingerprint density at radius 2 is 2.07 bits per heavy atom. The fraction of sp³-hybridized carbons (Fsp3) is 0.333. The average Bonchev–Trinajstić information content (AvgIpc) is 2.09. The Bertz CT molecular complexity index is 428. The number of rotatable bonds is 3. The molecule has 0 saturated carbocycles. The Kier molecular flexibility index (Phi) is 3.39. The number of hydrogen-bond donors (Lipinski definition) is 1. The molecule has 0 aromatic heterocycles. The van der Waals surface area contributed by atoms with Gasteiger partial charge in [-0.1, -0.05) is 18.5 Å². The van der Waals surface area contributed by atoms with Crippen LogP contribution in [0.2, 0.25) is 5.02 Å². The predicted octanol–water partition coefficient (Wildman–Crippen LogP) is 2.11. The van der Waals surface area contributed by atoms with Crippen molar-refractivity contribution in [3.05, 3.63) is 23.2 Å². The highest BCUT2D eigenvalue weighted by atomic mass is 35.5. The van der Waals surface area contributed by atoms with Crippen LogP contribution in [0.3, 0.4) is 0 Å². The fourth-order valence-corrected chi connectivity index (χ4v) is 2.57. The summed E-state index contributed by atoms with van der Waals surface area (Å²) in [7, 11) is -3.19. The summed E-state index contributed by atoms with van der Waals surface area (Å²) >= 11 is 5.69. The predicted molar refractivity (Wildman–Crippen MR) is 58.2 cm³/mol. The maximum absolute atomic E-state index is 11.6. The quantitative estimate of drug-likeness (QED) is 0.814. The van der Waals surface area contributed by atoms with E-state index in [1.807, 2.05) is 6.92 Å². The van der Waals surface area contributed by atoms with Gasteiger partial charge < -0.3 is 5.73 Å². The second kappa shape index (κ2) is 4.19. The molecule has 0 saturated heterocycles. The Balaban J connectivity index is 3.15. The van der Waals surface area contributed by atoms with Crippen LogP contribution in [0.1, 0.15) is 13.3 Å². The molecule has 0 aliphatic rings. The summed E-state index contributed by atoms with van der Waals surface area (Å²) in [5.41, 5.74) is 5.81. The third-order valence-corrected chi connectivity index (χ3v) is 4.06. The largest absolute Gasteiger partial charge is 0.397 e. The number of nitrogens with two attached hydrogens (primary N) is 1. The van der Waals surface area contributed by atoms with E-state index in [-0.39, 0.29) is 10.6 Å². The zero-order valence-corrected chi connectivity index (χ0v) is 9.40. The molecule has 0 amide bonds. The number of hydrogen-bond acceptors (Lipinski definition) is 3. The Morgan fingerprint density at radius 1 is 1.43 bits per heavy atom. The van der Waals surface area contributed by atoms with Crippen molar-refractivity contribution in [1.82, 2.24) is 0 Å². The SMILES string of the molecule is CCCS(=O)(=O)c1ccc(Cl)c(N)c1. The lowest BCUT2D eigenvalue weighted by Crippen LogP contribution is -2.06. The molecule has 0 unspecified atom stereocenters. The summed E-state index contributed by atoms with van der Waals surface area (Å²) in [6.45, 7) is 1.82. The van der Waals surface area contributed by atoms with Crippen LogP contribution in [0, 0.1) is 0 Å². The Labute approximate surface area is 88.8 Å². The summed E-state index contributed by atoms with van der Waals surface area (Å²) in [4.78, 5) is 0.237. The number of benzene rings is 1. The van der Waals surface area contributed by atoms with E-state index in [0.717, 1.165) is 0 Å². The minimum Gasteiger partial charge on any atom is -0.397 e. The van der Waals surface area contributed by atoms with Crippen LogP contribution in [0.15, 0.2) is 23.1 Å². The molecule has 2 N–H and O–H groups in total. The number of anilines is 1. The molecule has 78 valence electrons. The third kappa shape index (κ3) is 2.39. The lowest BCUT2D eigenvalue weighted by atomic mass is 10.3. The monoisotopic (exact) mass is 233 g/mol. The van der Waals surface area contributed by atoms with Crippen LogP contribution >= 0.6 is 11.6 Å². The van der Waals surface area contributed by atoms with Crippen LogP contribution in [0.4, 0.5) is 5.69 Å².